The van der Waals surface area contributed by atoms with Crippen LogP contribution in [0, 0.1) is 12.7 Å². The Morgan fingerprint density at radius 2 is 2.11 bits per heavy atom. The van der Waals surface area contributed by atoms with Crippen molar-refractivity contribution in [1.29, 1.82) is 0 Å². The molecule has 1 aromatic heterocycles. The van der Waals surface area contributed by atoms with Crippen molar-refractivity contribution in [1.82, 2.24) is 4.98 Å². The van der Waals surface area contributed by atoms with Crippen LogP contribution in [0.1, 0.15) is 21.5 Å². The molecule has 0 fully saturated rings. The lowest BCUT2D eigenvalue weighted by molar-refractivity contribution is 0.0991. The Kier molecular flexibility index (Phi) is 3.87. The van der Waals surface area contributed by atoms with Crippen LogP contribution in [0.3, 0.4) is 0 Å². The van der Waals surface area contributed by atoms with E-state index in [2.05, 4.69) is 20.9 Å². The van der Waals surface area contributed by atoms with Gasteiger partial charge in [-0.15, -0.1) is 0 Å². The second kappa shape index (κ2) is 5.40. The van der Waals surface area contributed by atoms with E-state index in [-0.39, 0.29) is 18.0 Å². The van der Waals surface area contributed by atoms with Crippen molar-refractivity contribution in [2.45, 2.75) is 13.3 Å². The summed E-state index contributed by atoms with van der Waals surface area (Å²) in [7, 11) is 0. The normalized spacial score (nSPS) is 10.4. The maximum atomic E-state index is 13.6. The molecule has 18 heavy (non-hydrogen) atoms. The molecular formula is C14H11BrFNO. The fraction of sp³-hybridized carbons (Fsp3) is 0.143. The molecule has 2 rings (SSSR count). The van der Waals surface area contributed by atoms with Crippen LogP contribution in [0.25, 0.3) is 0 Å². The van der Waals surface area contributed by atoms with Crippen molar-refractivity contribution in [3.05, 3.63) is 63.6 Å². The Morgan fingerprint density at radius 1 is 1.33 bits per heavy atom. The predicted octanol–water partition coefficient (Wildman–Crippen LogP) is 3.72. The fourth-order valence-electron chi connectivity index (χ4n) is 1.65. The molecule has 0 unspecified atom stereocenters. The lowest BCUT2D eigenvalue weighted by Gasteiger charge is -2.04. The summed E-state index contributed by atoms with van der Waals surface area (Å²) in [6.45, 7) is 1.87. The number of Topliss-reactive ketones (excluding diaryl/α,β-unsaturated/α-hetero) is 1. The van der Waals surface area contributed by atoms with Crippen molar-refractivity contribution >= 4 is 21.7 Å². The summed E-state index contributed by atoms with van der Waals surface area (Å²) in [5.74, 6) is -0.509. The molecule has 2 aromatic rings. The molecule has 0 bridgehead atoms. The second-order valence-electron chi connectivity index (χ2n) is 4.09. The Hall–Kier alpha value is -1.55. The monoisotopic (exact) mass is 307 g/mol. The molecule has 0 radical (unpaired) electrons. The van der Waals surface area contributed by atoms with Gasteiger partial charge in [0.15, 0.2) is 5.78 Å². The molecule has 0 aliphatic heterocycles. The zero-order chi connectivity index (χ0) is 13.1. The maximum Gasteiger partial charge on any atom is 0.168 e. The van der Waals surface area contributed by atoms with E-state index >= 15 is 0 Å². The van der Waals surface area contributed by atoms with Gasteiger partial charge < -0.3 is 0 Å². The quantitative estimate of drug-likeness (QED) is 0.809. The lowest BCUT2D eigenvalue weighted by Crippen LogP contribution is -2.06. The largest absolute Gasteiger partial charge is 0.294 e. The van der Waals surface area contributed by atoms with E-state index in [0.29, 0.717) is 15.6 Å². The highest BCUT2D eigenvalue weighted by Gasteiger charge is 2.11. The molecule has 0 saturated heterocycles. The standard InChI is InChI=1S/C14H11BrFNO/c1-9-4-11(8-17-7-9)14(18)5-10-2-3-12(15)6-13(10)16/h2-4,6-8H,5H2,1H3. The van der Waals surface area contributed by atoms with E-state index in [1.807, 2.05) is 6.92 Å². The molecule has 0 N–H and O–H groups in total. The predicted molar refractivity (Wildman–Crippen MR) is 71.1 cm³/mol. The van der Waals surface area contributed by atoms with Crippen LogP contribution in [0.2, 0.25) is 0 Å². The van der Waals surface area contributed by atoms with Gasteiger partial charge in [-0.05, 0) is 36.2 Å². The number of rotatable bonds is 3. The van der Waals surface area contributed by atoms with Gasteiger partial charge in [-0.2, -0.15) is 0 Å². The fourth-order valence-corrected chi connectivity index (χ4v) is 1.98. The van der Waals surface area contributed by atoms with Crippen LogP contribution >= 0.6 is 15.9 Å². The molecule has 2 nitrogen and oxygen atoms in total. The minimum absolute atomic E-state index is 0.0459. The molecular weight excluding hydrogens is 297 g/mol. The second-order valence-corrected chi connectivity index (χ2v) is 5.00. The minimum atomic E-state index is -0.377. The van der Waals surface area contributed by atoms with Gasteiger partial charge in [-0.1, -0.05) is 22.0 Å². The molecule has 0 spiro atoms. The van der Waals surface area contributed by atoms with Gasteiger partial charge in [0.05, 0.1) is 0 Å². The van der Waals surface area contributed by atoms with Gasteiger partial charge in [-0.3, -0.25) is 9.78 Å². The first-order valence-corrected chi connectivity index (χ1v) is 6.24. The number of carbonyl (C=O) groups is 1. The number of halogens is 2. The van der Waals surface area contributed by atoms with Gasteiger partial charge in [-0.25, -0.2) is 4.39 Å². The first-order chi connectivity index (χ1) is 8.56. The van der Waals surface area contributed by atoms with Gasteiger partial charge >= 0.3 is 0 Å². The number of carbonyl (C=O) groups excluding carboxylic acids is 1. The zero-order valence-corrected chi connectivity index (χ0v) is 11.4. The summed E-state index contributed by atoms with van der Waals surface area (Å²) >= 11 is 3.18. The van der Waals surface area contributed by atoms with Crippen molar-refractivity contribution in [3.8, 4) is 0 Å². The summed E-state index contributed by atoms with van der Waals surface area (Å²) in [6.07, 6.45) is 3.23. The third-order valence-electron chi connectivity index (χ3n) is 2.56. The number of ketones is 1. The summed E-state index contributed by atoms with van der Waals surface area (Å²) < 4.78 is 14.3. The highest BCUT2D eigenvalue weighted by molar-refractivity contribution is 9.10. The number of nitrogens with zero attached hydrogens (tertiary/aromatic N) is 1. The molecule has 0 saturated carbocycles. The Bertz CT molecular complexity index is 598. The van der Waals surface area contributed by atoms with E-state index in [0.717, 1.165) is 5.56 Å². The van der Waals surface area contributed by atoms with E-state index < -0.39 is 0 Å². The summed E-state index contributed by atoms with van der Waals surface area (Å²) in [5, 5.41) is 0. The van der Waals surface area contributed by atoms with E-state index in [1.54, 1.807) is 24.4 Å². The maximum absolute atomic E-state index is 13.6. The average molecular weight is 308 g/mol. The van der Waals surface area contributed by atoms with E-state index in [1.165, 1.54) is 12.3 Å². The van der Waals surface area contributed by atoms with Crippen molar-refractivity contribution in [3.63, 3.8) is 0 Å². The van der Waals surface area contributed by atoms with Crippen molar-refractivity contribution < 1.29 is 9.18 Å². The Balaban J connectivity index is 2.21. The smallest absolute Gasteiger partial charge is 0.168 e. The number of benzene rings is 1. The highest BCUT2D eigenvalue weighted by Crippen LogP contribution is 2.17. The Morgan fingerprint density at radius 3 is 2.78 bits per heavy atom. The van der Waals surface area contributed by atoms with Crippen LogP contribution in [0.15, 0.2) is 41.1 Å². The number of pyridine rings is 1. The van der Waals surface area contributed by atoms with Gasteiger partial charge in [0.25, 0.3) is 0 Å². The highest BCUT2D eigenvalue weighted by atomic mass is 79.9. The van der Waals surface area contributed by atoms with Gasteiger partial charge in [0, 0.05) is 28.9 Å². The molecule has 0 atom stereocenters. The summed E-state index contributed by atoms with van der Waals surface area (Å²) in [5.41, 5.74) is 1.82. The van der Waals surface area contributed by atoms with E-state index in [9.17, 15) is 9.18 Å². The van der Waals surface area contributed by atoms with Crippen LogP contribution in [0.5, 0.6) is 0 Å². The number of aromatic nitrogens is 1. The topological polar surface area (TPSA) is 30.0 Å². The van der Waals surface area contributed by atoms with Crippen LogP contribution in [0.4, 0.5) is 4.39 Å². The van der Waals surface area contributed by atoms with Crippen molar-refractivity contribution in [2.24, 2.45) is 0 Å². The summed E-state index contributed by atoms with van der Waals surface area (Å²) in [6, 6.07) is 6.45. The SMILES string of the molecule is Cc1cncc(C(=O)Cc2ccc(Br)cc2F)c1. The van der Waals surface area contributed by atoms with Gasteiger partial charge in [0.2, 0.25) is 0 Å². The molecule has 92 valence electrons. The zero-order valence-electron chi connectivity index (χ0n) is 9.78. The Labute approximate surface area is 113 Å². The van der Waals surface area contributed by atoms with Crippen LogP contribution < -0.4 is 0 Å². The minimum Gasteiger partial charge on any atom is -0.294 e. The molecule has 0 aliphatic carbocycles. The molecule has 0 amide bonds. The van der Waals surface area contributed by atoms with Crippen molar-refractivity contribution in [2.75, 3.05) is 0 Å². The third-order valence-corrected chi connectivity index (χ3v) is 3.06. The van der Waals surface area contributed by atoms with Crippen LogP contribution in [-0.4, -0.2) is 10.8 Å². The molecule has 0 aliphatic rings. The molecule has 1 heterocycles. The first-order valence-electron chi connectivity index (χ1n) is 5.45. The average Bonchev–Trinajstić information content (AvgIpc) is 2.32. The summed E-state index contributed by atoms with van der Waals surface area (Å²) in [4.78, 5) is 15.9. The number of aryl methyl sites for hydroxylation is 1. The van der Waals surface area contributed by atoms with E-state index in [4.69, 9.17) is 0 Å². The third kappa shape index (κ3) is 3.01. The first kappa shape index (κ1) is 12.9. The molecule has 4 heteroatoms. The van der Waals surface area contributed by atoms with Crippen LogP contribution in [-0.2, 0) is 6.42 Å². The number of hydrogen-bond acceptors (Lipinski definition) is 2. The number of hydrogen-bond donors (Lipinski definition) is 0. The van der Waals surface area contributed by atoms with Gasteiger partial charge in [0.1, 0.15) is 5.82 Å². The molecule has 1 aromatic carbocycles. The lowest BCUT2D eigenvalue weighted by atomic mass is 10.0.